The highest BCUT2D eigenvalue weighted by Gasteiger charge is 2.43. The molecule has 0 bridgehead atoms. The standard InChI is InChI=1S/C14H23F3N2O2/c1-21-9-10-3-2-6-19(8-10)13(20)12-5-4-11(7-18-12)14(15,16)17/h10-12,18H,2-9H2,1H3. The molecule has 1 amide bonds. The van der Waals surface area contributed by atoms with Crippen LogP contribution < -0.4 is 5.32 Å². The first kappa shape index (κ1) is 16.5. The van der Waals surface area contributed by atoms with Crippen LogP contribution in [0.15, 0.2) is 0 Å². The fraction of sp³-hybridized carbons (Fsp3) is 0.929. The predicted molar refractivity (Wildman–Crippen MR) is 71.7 cm³/mol. The Labute approximate surface area is 123 Å². The highest BCUT2D eigenvalue weighted by Crippen LogP contribution is 2.32. The van der Waals surface area contributed by atoms with Crippen molar-refractivity contribution >= 4 is 5.91 Å². The summed E-state index contributed by atoms with van der Waals surface area (Å²) in [6, 6.07) is -0.468. The van der Waals surface area contributed by atoms with Crippen LogP contribution in [0.2, 0.25) is 0 Å². The SMILES string of the molecule is COCC1CCCN(C(=O)C2CCC(C(F)(F)F)CN2)C1. The predicted octanol–water partition coefficient (Wildman–Crippen LogP) is 1.80. The molecule has 0 spiro atoms. The van der Waals surface area contributed by atoms with E-state index in [0.29, 0.717) is 25.6 Å². The second kappa shape index (κ2) is 6.96. The van der Waals surface area contributed by atoms with Gasteiger partial charge in [0.1, 0.15) is 0 Å². The third-order valence-corrected chi connectivity index (χ3v) is 4.41. The van der Waals surface area contributed by atoms with Gasteiger partial charge in [-0.3, -0.25) is 4.79 Å². The molecule has 2 rings (SSSR count). The molecule has 2 fully saturated rings. The monoisotopic (exact) mass is 308 g/mol. The summed E-state index contributed by atoms with van der Waals surface area (Å²) in [6.07, 6.45) is -1.92. The molecule has 2 aliphatic heterocycles. The second-order valence-electron chi connectivity index (χ2n) is 6.02. The highest BCUT2D eigenvalue weighted by molar-refractivity contribution is 5.82. The molecule has 2 aliphatic rings. The molecule has 0 aromatic rings. The number of halogens is 3. The number of amides is 1. The number of likely N-dealkylation sites (tertiary alicyclic amines) is 1. The zero-order valence-electron chi connectivity index (χ0n) is 12.3. The highest BCUT2D eigenvalue weighted by atomic mass is 19.4. The number of carbonyl (C=O) groups is 1. The number of alkyl halides is 3. The van der Waals surface area contributed by atoms with Crippen molar-refractivity contribution in [2.75, 3.05) is 33.4 Å². The van der Waals surface area contributed by atoms with E-state index in [1.54, 1.807) is 12.0 Å². The van der Waals surface area contributed by atoms with Gasteiger partial charge in [-0.15, -0.1) is 0 Å². The molecule has 0 radical (unpaired) electrons. The molecule has 4 nitrogen and oxygen atoms in total. The van der Waals surface area contributed by atoms with E-state index in [1.165, 1.54) is 0 Å². The Morgan fingerprint density at radius 1 is 1.33 bits per heavy atom. The molecule has 3 unspecified atom stereocenters. The molecular formula is C14H23F3N2O2. The van der Waals surface area contributed by atoms with Gasteiger partial charge >= 0.3 is 6.18 Å². The summed E-state index contributed by atoms with van der Waals surface area (Å²) in [5.74, 6) is -1.06. The molecule has 0 saturated carbocycles. The number of nitrogens with zero attached hydrogens (tertiary/aromatic N) is 1. The fourth-order valence-corrected chi connectivity index (χ4v) is 3.20. The van der Waals surface area contributed by atoms with E-state index in [0.717, 1.165) is 12.8 Å². The van der Waals surface area contributed by atoms with Crippen molar-refractivity contribution in [3.8, 4) is 0 Å². The molecule has 0 aliphatic carbocycles. The third-order valence-electron chi connectivity index (χ3n) is 4.41. The van der Waals surface area contributed by atoms with Crippen LogP contribution in [0.3, 0.4) is 0 Å². The van der Waals surface area contributed by atoms with E-state index in [9.17, 15) is 18.0 Å². The van der Waals surface area contributed by atoms with Crippen LogP contribution in [0.25, 0.3) is 0 Å². The lowest BCUT2D eigenvalue weighted by molar-refractivity contribution is -0.181. The van der Waals surface area contributed by atoms with Gasteiger partial charge in [0.2, 0.25) is 5.91 Å². The molecule has 3 atom stereocenters. The largest absolute Gasteiger partial charge is 0.393 e. The van der Waals surface area contributed by atoms with E-state index in [1.807, 2.05) is 0 Å². The van der Waals surface area contributed by atoms with Crippen molar-refractivity contribution in [2.45, 2.75) is 37.9 Å². The summed E-state index contributed by atoms with van der Waals surface area (Å²) in [7, 11) is 1.64. The van der Waals surface area contributed by atoms with Crippen LogP contribution in [-0.4, -0.2) is 56.4 Å². The van der Waals surface area contributed by atoms with Crippen molar-refractivity contribution in [1.82, 2.24) is 10.2 Å². The molecule has 1 N–H and O–H groups in total. The maximum Gasteiger partial charge on any atom is 0.393 e. The van der Waals surface area contributed by atoms with E-state index >= 15 is 0 Å². The number of hydrogen-bond donors (Lipinski definition) is 1. The molecule has 2 saturated heterocycles. The van der Waals surface area contributed by atoms with Gasteiger partial charge in [0.25, 0.3) is 0 Å². The van der Waals surface area contributed by atoms with E-state index in [-0.39, 0.29) is 25.3 Å². The Morgan fingerprint density at radius 2 is 2.10 bits per heavy atom. The van der Waals surface area contributed by atoms with Gasteiger partial charge in [-0.05, 0) is 31.6 Å². The van der Waals surface area contributed by atoms with Crippen molar-refractivity contribution in [3.05, 3.63) is 0 Å². The molecular weight excluding hydrogens is 285 g/mol. The van der Waals surface area contributed by atoms with Crippen molar-refractivity contribution in [2.24, 2.45) is 11.8 Å². The summed E-state index contributed by atoms with van der Waals surface area (Å²) >= 11 is 0. The Balaban J connectivity index is 1.84. The van der Waals surface area contributed by atoms with Crippen LogP contribution in [-0.2, 0) is 9.53 Å². The minimum Gasteiger partial charge on any atom is -0.384 e. The number of methoxy groups -OCH3 is 1. The van der Waals surface area contributed by atoms with Crippen LogP contribution in [0.5, 0.6) is 0 Å². The second-order valence-corrected chi connectivity index (χ2v) is 6.02. The van der Waals surface area contributed by atoms with Crippen molar-refractivity contribution < 1.29 is 22.7 Å². The van der Waals surface area contributed by atoms with Gasteiger partial charge in [0.05, 0.1) is 18.6 Å². The fourth-order valence-electron chi connectivity index (χ4n) is 3.20. The first-order valence-electron chi connectivity index (χ1n) is 7.49. The summed E-state index contributed by atoms with van der Waals surface area (Å²) in [4.78, 5) is 14.2. The first-order valence-corrected chi connectivity index (χ1v) is 7.49. The van der Waals surface area contributed by atoms with E-state index < -0.39 is 18.1 Å². The minimum atomic E-state index is -4.17. The number of hydrogen-bond acceptors (Lipinski definition) is 3. The van der Waals surface area contributed by atoms with Gasteiger partial charge in [0, 0.05) is 26.7 Å². The maximum absolute atomic E-state index is 12.6. The normalized spacial score (nSPS) is 31.2. The molecule has 122 valence electrons. The summed E-state index contributed by atoms with van der Waals surface area (Å²) in [5.41, 5.74) is 0. The smallest absolute Gasteiger partial charge is 0.384 e. The van der Waals surface area contributed by atoms with Crippen LogP contribution >= 0.6 is 0 Å². The Hall–Kier alpha value is -0.820. The van der Waals surface area contributed by atoms with Crippen LogP contribution in [0, 0.1) is 11.8 Å². The average molecular weight is 308 g/mol. The third kappa shape index (κ3) is 4.32. The Kier molecular flexibility index (Phi) is 5.48. The maximum atomic E-state index is 12.6. The average Bonchev–Trinajstić information content (AvgIpc) is 2.46. The lowest BCUT2D eigenvalue weighted by Crippen LogP contribution is -2.54. The van der Waals surface area contributed by atoms with Gasteiger partial charge < -0.3 is 15.0 Å². The minimum absolute atomic E-state index is 0.0300. The van der Waals surface area contributed by atoms with Gasteiger partial charge in [-0.25, -0.2) is 0 Å². The number of piperidine rings is 2. The van der Waals surface area contributed by atoms with Gasteiger partial charge in [-0.1, -0.05) is 0 Å². The first-order chi connectivity index (χ1) is 9.91. The van der Waals surface area contributed by atoms with E-state index in [2.05, 4.69) is 5.32 Å². The van der Waals surface area contributed by atoms with Gasteiger partial charge in [0.15, 0.2) is 0 Å². The van der Waals surface area contributed by atoms with Crippen molar-refractivity contribution in [3.63, 3.8) is 0 Å². The Morgan fingerprint density at radius 3 is 2.67 bits per heavy atom. The summed E-state index contributed by atoms with van der Waals surface area (Å²) in [5, 5.41) is 2.78. The molecule has 0 aromatic heterocycles. The van der Waals surface area contributed by atoms with Crippen molar-refractivity contribution in [1.29, 1.82) is 0 Å². The summed E-state index contributed by atoms with van der Waals surface area (Å²) in [6.45, 7) is 1.81. The van der Waals surface area contributed by atoms with E-state index in [4.69, 9.17) is 4.74 Å². The molecule has 7 heteroatoms. The topological polar surface area (TPSA) is 41.6 Å². The molecule has 0 aromatic carbocycles. The van der Waals surface area contributed by atoms with Crippen LogP contribution in [0.1, 0.15) is 25.7 Å². The zero-order chi connectivity index (χ0) is 15.5. The quantitative estimate of drug-likeness (QED) is 0.864. The number of rotatable bonds is 3. The number of nitrogens with one attached hydrogen (secondary N) is 1. The number of carbonyl (C=O) groups excluding carboxylic acids is 1. The summed E-state index contributed by atoms with van der Waals surface area (Å²) < 4.78 is 43.0. The lowest BCUT2D eigenvalue weighted by Gasteiger charge is -2.37. The number of ether oxygens (including phenoxy) is 1. The van der Waals surface area contributed by atoms with Gasteiger partial charge in [-0.2, -0.15) is 13.2 Å². The molecule has 2 heterocycles. The Bertz CT molecular complexity index is 353. The zero-order valence-corrected chi connectivity index (χ0v) is 12.3. The van der Waals surface area contributed by atoms with Crippen LogP contribution in [0.4, 0.5) is 13.2 Å². The molecule has 21 heavy (non-hydrogen) atoms. The lowest BCUT2D eigenvalue weighted by atomic mass is 9.92.